The van der Waals surface area contributed by atoms with Gasteiger partial charge in [-0.2, -0.15) is 0 Å². The molecule has 7 rings (SSSR count). The van der Waals surface area contributed by atoms with Crippen molar-refractivity contribution in [3.8, 4) is 0 Å². The van der Waals surface area contributed by atoms with Crippen molar-refractivity contribution in [3.05, 3.63) is 66.6 Å². The summed E-state index contributed by atoms with van der Waals surface area (Å²) in [5, 5.41) is 14.2. The zero-order valence-electron chi connectivity index (χ0n) is 23.1. The number of fused-ring (bicyclic) bond motifs is 1. The molecule has 1 radical (unpaired) electrons. The van der Waals surface area contributed by atoms with Crippen LogP contribution in [0.15, 0.2) is 64.9 Å². The fourth-order valence-electron chi connectivity index (χ4n) is 5.92. The smallest absolute Gasteiger partial charge is 0.162 e. The molecular formula is C33H32IrN3O3-. The van der Waals surface area contributed by atoms with E-state index < -0.39 is 0 Å². The maximum Gasteiger partial charge on any atom is 0.162 e. The largest absolute Gasteiger partial charge is 0.512 e. The van der Waals surface area contributed by atoms with Crippen LogP contribution in [0.3, 0.4) is 0 Å². The van der Waals surface area contributed by atoms with Gasteiger partial charge >= 0.3 is 0 Å². The van der Waals surface area contributed by atoms with Crippen LogP contribution in [-0.2, 0) is 24.9 Å². The van der Waals surface area contributed by atoms with Crippen molar-refractivity contribution < 1.29 is 34.4 Å². The minimum atomic E-state index is 0. The number of hydrogen-bond donors (Lipinski definition) is 1. The van der Waals surface area contributed by atoms with Gasteiger partial charge < -0.3 is 14.5 Å². The number of aliphatic hydroxyl groups is 1. The van der Waals surface area contributed by atoms with E-state index in [9.17, 15) is 9.90 Å². The summed E-state index contributed by atoms with van der Waals surface area (Å²) in [6, 6.07) is 17.6. The number of rotatable bonds is 7. The van der Waals surface area contributed by atoms with Gasteiger partial charge in [0, 0.05) is 55.1 Å². The second-order valence-electron chi connectivity index (χ2n) is 10.2. The Morgan fingerprint density at radius 1 is 0.950 bits per heavy atom. The first-order valence-corrected chi connectivity index (χ1v) is 13.9. The molecule has 0 saturated carbocycles. The molecule has 1 N–H and O–H groups in total. The van der Waals surface area contributed by atoms with Gasteiger partial charge in [0.15, 0.2) is 11.4 Å². The fourth-order valence-corrected chi connectivity index (χ4v) is 5.92. The third-order valence-corrected chi connectivity index (χ3v) is 8.15. The van der Waals surface area contributed by atoms with E-state index in [0.717, 1.165) is 80.7 Å². The second-order valence-corrected chi connectivity index (χ2v) is 10.2. The van der Waals surface area contributed by atoms with Crippen molar-refractivity contribution in [3.63, 3.8) is 0 Å². The van der Waals surface area contributed by atoms with E-state index in [1.807, 2.05) is 64.2 Å². The quantitative estimate of drug-likeness (QED) is 0.102. The number of furan rings is 1. The Hall–Kier alpha value is -3.54. The van der Waals surface area contributed by atoms with Gasteiger partial charge in [-0.25, -0.2) is 4.98 Å². The first kappa shape index (κ1) is 28.0. The van der Waals surface area contributed by atoms with E-state index in [-0.39, 0.29) is 43.5 Å². The molecule has 207 valence electrons. The van der Waals surface area contributed by atoms with Crippen LogP contribution in [0.5, 0.6) is 0 Å². The Bertz CT molecular complexity index is 1930. The van der Waals surface area contributed by atoms with Gasteiger partial charge in [0.1, 0.15) is 11.2 Å². The van der Waals surface area contributed by atoms with E-state index in [2.05, 4.69) is 22.6 Å². The Kier molecular flexibility index (Phi) is 7.80. The van der Waals surface area contributed by atoms with Crippen molar-refractivity contribution in [2.45, 2.75) is 53.4 Å². The van der Waals surface area contributed by atoms with Crippen molar-refractivity contribution in [2.75, 3.05) is 0 Å². The van der Waals surface area contributed by atoms with Crippen LogP contribution in [0.2, 0.25) is 0 Å². The number of pyridine rings is 2. The molecular weight excluding hydrogens is 679 g/mol. The molecule has 0 fully saturated rings. The first-order chi connectivity index (χ1) is 19.0. The van der Waals surface area contributed by atoms with Crippen LogP contribution in [0, 0.1) is 17.9 Å². The summed E-state index contributed by atoms with van der Waals surface area (Å²) < 4.78 is 8.31. The molecule has 0 spiro atoms. The van der Waals surface area contributed by atoms with Crippen LogP contribution in [-0.4, -0.2) is 25.3 Å². The molecule has 7 aromatic rings. The van der Waals surface area contributed by atoms with Crippen LogP contribution in [0.4, 0.5) is 0 Å². The maximum absolute atomic E-state index is 11.7. The normalized spacial score (nSPS) is 12.5. The number of hydrogen-bond acceptors (Lipinski definition) is 5. The van der Waals surface area contributed by atoms with Crippen molar-refractivity contribution in [2.24, 2.45) is 11.8 Å². The number of nitrogens with zero attached hydrogens (tertiary/aromatic N) is 3. The van der Waals surface area contributed by atoms with Crippen LogP contribution < -0.4 is 0 Å². The van der Waals surface area contributed by atoms with Gasteiger partial charge in [-0.1, -0.05) is 39.1 Å². The number of carbonyl (C=O) groups excluding carboxylic acids is 1. The number of ketones is 1. The number of aromatic nitrogens is 3. The van der Waals surface area contributed by atoms with Gasteiger partial charge in [-0.3, -0.25) is 9.20 Å². The third-order valence-electron chi connectivity index (χ3n) is 8.15. The molecule has 0 bridgehead atoms. The summed E-state index contributed by atoms with van der Waals surface area (Å²) in [6.07, 6.45) is 6.73. The summed E-state index contributed by atoms with van der Waals surface area (Å²) in [7, 11) is 0. The van der Waals surface area contributed by atoms with E-state index >= 15 is 0 Å². The maximum atomic E-state index is 11.7. The van der Waals surface area contributed by atoms with E-state index in [4.69, 9.17) is 14.4 Å². The van der Waals surface area contributed by atoms with E-state index in [0.29, 0.717) is 0 Å². The number of carbonyl (C=O) groups is 1. The Morgan fingerprint density at radius 2 is 1.68 bits per heavy atom. The molecule has 0 aliphatic carbocycles. The zero-order valence-corrected chi connectivity index (χ0v) is 25.5. The molecule has 0 atom stereocenters. The third kappa shape index (κ3) is 4.32. The van der Waals surface area contributed by atoms with Gasteiger partial charge in [-0.15, -0.1) is 29.0 Å². The fraction of sp³-hybridized carbons (Fsp3) is 0.303. The van der Waals surface area contributed by atoms with Crippen LogP contribution >= 0.6 is 0 Å². The summed E-state index contributed by atoms with van der Waals surface area (Å²) in [4.78, 5) is 21.2. The SMILES string of the molecule is CCC(CC)C(=O)/C=C(\O)C(CC)CC.[Ir].[c-]1ccc2ccc3oc4ccc5nc6ccnc7c1c2c3c4n5c67. The minimum Gasteiger partial charge on any atom is -0.512 e. The Balaban J connectivity index is 0.000000179. The van der Waals surface area contributed by atoms with Gasteiger partial charge in [0.2, 0.25) is 0 Å². The summed E-state index contributed by atoms with van der Waals surface area (Å²) in [5.74, 6) is 0.547. The average molecular weight is 711 g/mol. The zero-order chi connectivity index (χ0) is 27.3. The number of allylic oxidation sites excluding steroid dienone is 2. The molecule has 0 aliphatic heterocycles. The monoisotopic (exact) mass is 711 g/mol. The van der Waals surface area contributed by atoms with Crippen molar-refractivity contribution in [1.29, 1.82) is 0 Å². The standard InChI is InChI=1S/C20H8N3O.C13H24O2.Ir/c1-2-10-4-5-13-17-16(10)11(3-1)18-19-12(8-9-21-18)22-15-7-6-14(24-13)20(17)23(15)19;1-5-10(6-2)12(14)9-13(15)11(7-3)8-4;/h1-2,4-9H;9-11,14H,5-8H2,1-4H3;/q-1;;/b;12-9-;. The summed E-state index contributed by atoms with van der Waals surface area (Å²) in [6.45, 7) is 8.07. The predicted octanol–water partition coefficient (Wildman–Crippen LogP) is 8.63. The molecule has 40 heavy (non-hydrogen) atoms. The minimum absolute atomic E-state index is 0. The molecule has 7 heteroatoms. The van der Waals surface area contributed by atoms with E-state index in [1.165, 1.54) is 11.5 Å². The molecule has 0 aliphatic rings. The Morgan fingerprint density at radius 3 is 2.40 bits per heavy atom. The predicted molar refractivity (Wildman–Crippen MR) is 158 cm³/mol. The molecule has 5 aromatic heterocycles. The Labute approximate surface area is 246 Å². The number of imidazole rings is 1. The molecule has 0 saturated heterocycles. The average Bonchev–Trinajstić information content (AvgIpc) is 3.48. The van der Waals surface area contributed by atoms with Crippen LogP contribution in [0.1, 0.15) is 53.4 Å². The molecule has 0 amide bonds. The summed E-state index contributed by atoms with van der Waals surface area (Å²) in [5.41, 5.74) is 6.65. The topological polar surface area (TPSA) is 80.6 Å². The first-order valence-electron chi connectivity index (χ1n) is 13.9. The number of aliphatic hydroxyl groups excluding tert-OH is 1. The van der Waals surface area contributed by atoms with Crippen molar-refractivity contribution >= 4 is 66.2 Å². The summed E-state index contributed by atoms with van der Waals surface area (Å²) >= 11 is 0. The van der Waals surface area contributed by atoms with Gasteiger partial charge in [-0.05, 0) is 49.9 Å². The van der Waals surface area contributed by atoms with Gasteiger partial charge in [0.25, 0.3) is 0 Å². The second kappa shape index (κ2) is 11.1. The van der Waals surface area contributed by atoms with E-state index in [1.54, 1.807) is 0 Å². The van der Waals surface area contributed by atoms with Crippen molar-refractivity contribution in [1.82, 2.24) is 14.4 Å². The van der Waals surface area contributed by atoms with Crippen LogP contribution in [0.25, 0.3) is 60.4 Å². The molecule has 5 heterocycles. The molecule has 2 aromatic carbocycles. The van der Waals surface area contributed by atoms with Gasteiger partial charge in [0.05, 0.1) is 22.3 Å². The molecule has 0 unspecified atom stereocenters. The molecule has 6 nitrogen and oxygen atoms in total. The number of benzene rings is 2.